The molecule has 0 radical (unpaired) electrons. The fraction of sp³-hybridized carbons (Fsp3) is 0.385. The van der Waals surface area contributed by atoms with E-state index < -0.39 is 29.5 Å². The molecule has 8 nitrogen and oxygen atoms in total. The molecule has 8 heteroatoms. The number of ether oxygens (including phenoxy) is 1. The van der Waals surface area contributed by atoms with Crippen LogP contribution in [0.3, 0.4) is 0 Å². The minimum atomic E-state index is -1.33. The van der Waals surface area contributed by atoms with Gasteiger partial charge in [0.05, 0.1) is 17.0 Å². The van der Waals surface area contributed by atoms with Gasteiger partial charge in [-0.25, -0.2) is 0 Å². The van der Waals surface area contributed by atoms with Crippen molar-refractivity contribution < 1.29 is 25.0 Å². The summed E-state index contributed by atoms with van der Waals surface area (Å²) < 4.78 is 6.87. The Hall–Kier alpha value is -2.00. The normalized spacial score (nSPS) is 29.7. The van der Waals surface area contributed by atoms with Crippen molar-refractivity contribution in [2.75, 3.05) is 6.61 Å². The van der Waals surface area contributed by atoms with Gasteiger partial charge in [-0.05, 0) is 12.1 Å². The number of nitrogens with zero attached hydrogens (tertiary/aromatic N) is 2. The van der Waals surface area contributed by atoms with Crippen LogP contribution in [0.25, 0.3) is 10.9 Å². The molecule has 112 valence electrons. The van der Waals surface area contributed by atoms with E-state index in [0.29, 0.717) is 5.52 Å². The minimum Gasteiger partial charge on any atom is -0.388 e. The second-order valence-corrected chi connectivity index (χ2v) is 5.00. The highest BCUT2D eigenvalue weighted by Crippen LogP contribution is 2.30. The molecule has 1 aromatic carbocycles. The van der Waals surface area contributed by atoms with E-state index in [4.69, 9.17) is 4.74 Å². The smallest absolute Gasteiger partial charge is 0.271 e. The van der Waals surface area contributed by atoms with Crippen LogP contribution in [0.15, 0.2) is 30.5 Å². The molecule has 1 aromatic heterocycles. The molecule has 0 aliphatic carbocycles. The molecule has 1 saturated heterocycles. The first-order chi connectivity index (χ1) is 9.99. The van der Waals surface area contributed by atoms with E-state index in [-0.39, 0.29) is 12.3 Å². The summed E-state index contributed by atoms with van der Waals surface area (Å²) in [4.78, 5) is 10.3. The van der Waals surface area contributed by atoms with Crippen molar-refractivity contribution in [2.45, 2.75) is 24.5 Å². The number of aliphatic hydroxyl groups is 3. The number of rotatable bonds is 2. The van der Waals surface area contributed by atoms with Gasteiger partial charge >= 0.3 is 0 Å². The third-order valence-corrected chi connectivity index (χ3v) is 3.67. The highest BCUT2D eigenvalue weighted by atomic mass is 16.6. The number of aromatic nitrogens is 1. The van der Waals surface area contributed by atoms with Crippen LogP contribution in [0.1, 0.15) is 6.23 Å². The lowest BCUT2D eigenvalue weighted by atomic mass is 10.0. The quantitative estimate of drug-likeness (QED) is 0.536. The molecule has 0 spiro atoms. The van der Waals surface area contributed by atoms with Gasteiger partial charge in [0.15, 0.2) is 6.23 Å². The second-order valence-electron chi connectivity index (χ2n) is 5.00. The first kappa shape index (κ1) is 14.0. The maximum absolute atomic E-state index is 10.9. The average molecular weight is 294 g/mol. The molecular weight excluding hydrogens is 280 g/mol. The number of hydrogen-bond acceptors (Lipinski definition) is 6. The monoisotopic (exact) mass is 294 g/mol. The van der Waals surface area contributed by atoms with E-state index in [0.717, 1.165) is 5.39 Å². The lowest BCUT2D eigenvalue weighted by Crippen LogP contribution is -2.50. The van der Waals surface area contributed by atoms with Gasteiger partial charge in [-0.3, -0.25) is 10.1 Å². The van der Waals surface area contributed by atoms with Gasteiger partial charge in [0.1, 0.15) is 18.3 Å². The fourth-order valence-corrected chi connectivity index (χ4v) is 2.51. The fourth-order valence-electron chi connectivity index (χ4n) is 2.51. The van der Waals surface area contributed by atoms with Crippen molar-refractivity contribution in [3.63, 3.8) is 0 Å². The predicted octanol–water partition coefficient (Wildman–Crippen LogP) is 0.161. The first-order valence-corrected chi connectivity index (χ1v) is 6.40. The molecule has 0 amide bonds. The molecule has 0 unspecified atom stereocenters. The molecule has 0 bridgehead atoms. The van der Waals surface area contributed by atoms with Crippen LogP contribution >= 0.6 is 0 Å². The van der Waals surface area contributed by atoms with Crippen LogP contribution in [-0.4, -0.2) is 49.7 Å². The number of fused-ring (bicyclic) bond motifs is 1. The van der Waals surface area contributed by atoms with Gasteiger partial charge in [-0.2, -0.15) is 0 Å². The molecule has 3 rings (SSSR count). The molecule has 1 aliphatic rings. The van der Waals surface area contributed by atoms with Crippen LogP contribution in [0.5, 0.6) is 0 Å². The molecule has 1 fully saturated rings. The van der Waals surface area contributed by atoms with Gasteiger partial charge < -0.3 is 24.6 Å². The van der Waals surface area contributed by atoms with Crippen LogP contribution in [0.4, 0.5) is 5.69 Å². The van der Waals surface area contributed by atoms with Crippen molar-refractivity contribution in [3.05, 3.63) is 40.6 Å². The van der Waals surface area contributed by atoms with Gasteiger partial charge in [0, 0.05) is 23.7 Å². The zero-order valence-electron chi connectivity index (χ0n) is 10.9. The third-order valence-electron chi connectivity index (χ3n) is 3.67. The Bertz CT molecular complexity index is 684. The van der Waals surface area contributed by atoms with Crippen molar-refractivity contribution in [2.24, 2.45) is 0 Å². The second kappa shape index (κ2) is 5.08. The largest absolute Gasteiger partial charge is 0.388 e. The zero-order chi connectivity index (χ0) is 15.1. The predicted molar refractivity (Wildman–Crippen MR) is 71.6 cm³/mol. The molecule has 2 aromatic rings. The molecule has 1 aliphatic heterocycles. The lowest BCUT2D eigenvalue weighted by molar-refractivity contribution is -0.384. The summed E-state index contributed by atoms with van der Waals surface area (Å²) in [5.74, 6) is 0. The Balaban J connectivity index is 2.04. The zero-order valence-corrected chi connectivity index (χ0v) is 10.9. The summed E-state index contributed by atoms with van der Waals surface area (Å²) in [7, 11) is 0. The Morgan fingerprint density at radius 2 is 2.00 bits per heavy atom. The minimum absolute atomic E-state index is 0.0756. The maximum Gasteiger partial charge on any atom is 0.271 e. The Morgan fingerprint density at radius 1 is 1.24 bits per heavy atom. The van der Waals surface area contributed by atoms with Crippen LogP contribution in [-0.2, 0) is 4.74 Å². The average Bonchev–Trinajstić information content (AvgIpc) is 2.88. The summed E-state index contributed by atoms with van der Waals surface area (Å²) >= 11 is 0. The van der Waals surface area contributed by atoms with Gasteiger partial charge in [0.2, 0.25) is 0 Å². The standard InChI is InChI=1S/C13H14N2O6/c16-10-6-21-13(12(18)11(10)17)14-4-3-7-1-2-8(15(19)20)5-9(7)14/h1-5,10-13,16-18H,6H2/t10-,11+,12-,13-/m1/s1. The molecule has 4 atom stereocenters. The highest BCUT2D eigenvalue weighted by molar-refractivity contribution is 5.82. The topological polar surface area (TPSA) is 118 Å². The van der Waals surface area contributed by atoms with E-state index in [1.54, 1.807) is 18.3 Å². The molecular formula is C13H14N2O6. The van der Waals surface area contributed by atoms with E-state index in [2.05, 4.69) is 0 Å². The van der Waals surface area contributed by atoms with Crippen LogP contribution in [0.2, 0.25) is 0 Å². The maximum atomic E-state index is 10.9. The molecule has 21 heavy (non-hydrogen) atoms. The number of hydrogen-bond donors (Lipinski definition) is 3. The van der Waals surface area contributed by atoms with Crippen molar-refractivity contribution >= 4 is 16.6 Å². The SMILES string of the molecule is O=[N+]([O-])c1ccc2ccn([C@@H]3OC[C@@H](O)[C@H](O)[C@H]3O)c2c1. The Kier molecular flexibility index (Phi) is 3.38. The highest BCUT2D eigenvalue weighted by Gasteiger charge is 2.38. The Labute approximate surface area is 119 Å². The molecule has 0 saturated carbocycles. The van der Waals surface area contributed by atoms with Crippen LogP contribution < -0.4 is 0 Å². The number of benzene rings is 1. The van der Waals surface area contributed by atoms with Crippen molar-refractivity contribution in [1.29, 1.82) is 0 Å². The van der Waals surface area contributed by atoms with E-state index >= 15 is 0 Å². The summed E-state index contributed by atoms with van der Waals surface area (Å²) in [6, 6.07) is 6.10. The number of aliphatic hydroxyl groups excluding tert-OH is 3. The number of nitro benzene ring substituents is 1. The van der Waals surface area contributed by atoms with Crippen molar-refractivity contribution in [1.82, 2.24) is 4.57 Å². The molecule has 3 N–H and O–H groups in total. The van der Waals surface area contributed by atoms with E-state index in [1.807, 2.05) is 0 Å². The van der Waals surface area contributed by atoms with Gasteiger partial charge in [-0.1, -0.05) is 0 Å². The van der Waals surface area contributed by atoms with Crippen LogP contribution in [0, 0.1) is 10.1 Å². The first-order valence-electron chi connectivity index (χ1n) is 6.40. The van der Waals surface area contributed by atoms with E-state index in [1.165, 1.54) is 16.7 Å². The lowest BCUT2D eigenvalue weighted by Gasteiger charge is -2.36. The summed E-state index contributed by atoms with van der Waals surface area (Å²) in [5, 5.41) is 40.8. The molecule has 2 heterocycles. The van der Waals surface area contributed by atoms with E-state index in [9.17, 15) is 25.4 Å². The third kappa shape index (κ3) is 2.28. The Morgan fingerprint density at radius 3 is 2.71 bits per heavy atom. The van der Waals surface area contributed by atoms with Crippen molar-refractivity contribution in [3.8, 4) is 0 Å². The summed E-state index contributed by atoms with van der Waals surface area (Å²) in [6.45, 7) is -0.127. The summed E-state index contributed by atoms with van der Waals surface area (Å²) in [5.41, 5.74) is 0.435. The summed E-state index contributed by atoms with van der Waals surface area (Å²) in [6.07, 6.45) is -3.12. The van der Waals surface area contributed by atoms with Gasteiger partial charge in [-0.15, -0.1) is 0 Å². The number of non-ortho nitro benzene ring substituents is 1. The number of nitro groups is 1. The van der Waals surface area contributed by atoms with Gasteiger partial charge in [0.25, 0.3) is 5.69 Å².